The minimum Gasteiger partial charge on any atom is -0.493 e. The van der Waals surface area contributed by atoms with E-state index < -0.39 is 5.56 Å². The topological polar surface area (TPSA) is 158 Å². The van der Waals surface area contributed by atoms with Crippen molar-refractivity contribution in [3.8, 4) is 22.8 Å². The number of methoxy groups -OCH3 is 2. The number of hydrogen-bond acceptors (Lipinski definition) is 10. The van der Waals surface area contributed by atoms with E-state index in [9.17, 15) is 9.59 Å². The molecule has 6 N–H and O–H groups in total. The Morgan fingerprint density at radius 3 is 2.69 bits per heavy atom. The summed E-state index contributed by atoms with van der Waals surface area (Å²) < 4.78 is 10.5. The molecule has 0 radical (unpaired) electrons. The molecular formula is C17H18N6O4S2. The first kappa shape index (κ1) is 20.5. The van der Waals surface area contributed by atoms with Crippen molar-refractivity contribution in [2.45, 2.75) is 5.16 Å². The number of rotatable bonds is 7. The monoisotopic (exact) mass is 434 g/mol. The number of benzene rings is 1. The van der Waals surface area contributed by atoms with Gasteiger partial charge < -0.3 is 26.3 Å². The minimum absolute atomic E-state index is 0.0115. The molecule has 0 unspecified atom stereocenters. The molecule has 1 amide bonds. The van der Waals surface area contributed by atoms with E-state index in [1.165, 1.54) is 11.3 Å². The average molecular weight is 435 g/mol. The molecule has 0 saturated heterocycles. The van der Waals surface area contributed by atoms with E-state index >= 15 is 0 Å². The van der Waals surface area contributed by atoms with E-state index in [0.29, 0.717) is 22.3 Å². The summed E-state index contributed by atoms with van der Waals surface area (Å²) in [5.41, 5.74) is 11.8. The van der Waals surface area contributed by atoms with Gasteiger partial charge in [0.1, 0.15) is 5.69 Å². The van der Waals surface area contributed by atoms with Crippen molar-refractivity contribution in [2.75, 3.05) is 36.8 Å². The van der Waals surface area contributed by atoms with E-state index in [0.717, 1.165) is 17.3 Å². The molecule has 0 bridgehead atoms. The Bertz CT molecular complexity index is 1100. The quantitative estimate of drug-likeness (QED) is 0.321. The van der Waals surface area contributed by atoms with Crippen molar-refractivity contribution >= 4 is 45.6 Å². The number of nitrogens with zero attached hydrogens (tertiary/aromatic N) is 2. The highest BCUT2D eigenvalue weighted by Gasteiger charge is 2.12. The fourth-order valence-electron chi connectivity index (χ4n) is 2.30. The first-order valence-corrected chi connectivity index (χ1v) is 10.0. The highest BCUT2D eigenvalue weighted by atomic mass is 32.2. The predicted molar refractivity (Wildman–Crippen MR) is 114 cm³/mol. The van der Waals surface area contributed by atoms with Crippen molar-refractivity contribution in [2.24, 2.45) is 0 Å². The van der Waals surface area contributed by atoms with Crippen LogP contribution in [0.1, 0.15) is 0 Å². The molecule has 12 heteroatoms. The normalized spacial score (nSPS) is 10.6. The lowest BCUT2D eigenvalue weighted by molar-refractivity contribution is -0.113. The third-order valence-electron chi connectivity index (χ3n) is 3.73. The molecule has 0 aliphatic carbocycles. The molecule has 10 nitrogen and oxygen atoms in total. The lowest BCUT2D eigenvalue weighted by atomic mass is 10.1. The van der Waals surface area contributed by atoms with Gasteiger partial charge in [-0.05, 0) is 18.2 Å². The van der Waals surface area contributed by atoms with Gasteiger partial charge in [-0.1, -0.05) is 11.8 Å². The zero-order valence-electron chi connectivity index (χ0n) is 15.5. The smallest absolute Gasteiger partial charge is 0.276 e. The molecule has 0 aliphatic rings. The molecule has 0 fully saturated rings. The number of thiazole rings is 1. The Morgan fingerprint density at radius 1 is 1.24 bits per heavy atom. The van der Waals surface area contributed by atoms with E-state index in [4.69, 9.17) is 20.9 Å². The summed E-state index contributed by atoms with van der Waals surface area (Å²) in [6, 6.07) is 5.45. The van der Waals surface area contributed by atoms with Crippen LogP contribution in [0.3, 0.4) is 0 Å². The number of nitrogens with one attached hydrogen (secondary N) is 2. The molecule has 2 aromatic heterocycles. The van der Waals surface area contributed by atoms with Gasteiger partial charge in [-0.15, -0.1) is 11.3 Å². The van der Waals surface area contributed by atoms with E-state index in [2.05, 4.69) is 20.3 Å². The number of carbonyl (C=O) groups excluding carboxylic acids is 1. The Balaban J connectivity index is 1.64. The van der Waals surface area contributed by atoms with Gasteiger partial charge >= 0.3 is 0 Å². The van der Waals surface area contributed by atoms with Crippen molar-refractivity contribution in [1.29, 1.82) is 0 Å². The van der Waals surface area contributed by atoms with Crippen LogP contribution in [0, 0.1) is 0 Å². The second-order valence-electron chi connectivity index (χ2n) is 5.61. The Morgan fingerprint density at radius 2 is 2.00 bits per heavy atom. The zero-order valence-corrected chi connectivity index (χ0v) is 17.1. The number of ether oxygens (including phenoxy) is 2. The number of nitrogens with two attached hydrogens (primary N) is 2. The van der Waals surface area contributed by atoms with Crippen LogP contribution in [0.15, 0.2) is 33.5 Å². The molecular weight excluding hydrogens is 416 g/mol. The van der Waals surface area contributed by atoms with Crippen LogP contribution in [0.4, 0.5) is 16.6 Å². The number of hydrogen-bond donors (Lipinski definition) is 4. The van der Waals surface area contributed by atoms with Crippen LogP contribution in [-0.2, 0) is 4.79 Å². The average Bonchev–Trinajstić information content (AvgIpc) is 3.18. The number of thioether (sulfide) groups is 1. The first-order valence-electron chi connectivity index (χ1n) is 8.17. The van der Waals surface area contributed by atoms with Crippen molar-refractivity contribution in [1.82, 2.24) is 15.0 Å². The van der Waals surface area contributed by atoms with E-state index in [-0.39, 0.29) is 28.3 Å². The summed E-state index contributed by atoms with van der Waals surface area (Å²) in [6.45, 7) is 0. The SMILES string of the molecule is COc1ccc(-c2csc(NC(=O)CSc3nc(N)c(N)c(=O)[nH]3)n2)cc1OC. The van der Waals surface area contributed by atoms with Gasteiger partial charge in [-0.2, -0.15) is 0 Å². The number of anilines is 3. The maximum absolute atomic E-state index is 12.2. The molecule has 29 heavy (non-hydrogen) atoms. The highest BCUT2D eigenvalue weighted by molar-refractivity contribution is 7.99. The standard InChI is InChI=1S/C17H18N6O4S2/c1-26-10-4-3-8(5-11(10)27-2)9-6-28-16(20-9)21-12(24)7-29-17-22-14(19)13(18)15(25)23-17/h3-6H,7,18H2,1-2H3,(H,20,21,24)(H3,19,22,23,25). The predicted octanol–water partition coefficient (Wildman–Crippen LogP) is 1.81. The lowest BCUT2D eigenvalue weighted by Crippen LogP contribution is -2.18. The van der Waals surface area contributed by atoms with Crippen LogP contribution in [0.25, 0.3) is 11.3 Å². The maximum Gasteiger partial charge on any atom is 0.276 e. The van der Waals surface area contributed by atoms with Crippen LogP contribution in [0.5, 0.6) is 11.5 Å². The summed E-state index contributed by atoms with van der Waals surface area (Å²) in [5, 5.41) is 5.19. The van der Waals surface area contributed by atoms with Gasteiger partial charge in [0.15, 0.2) is 27.6 Å². The molecule has 3 aromatic rings. The van der Waals surface area contributed by atoms with Crippen LogP contribution in [0.2, 0.25) is 0 Å². The van der Waals surface area contributed by atoms with Gasteiger partial charge in [-0.3, -0.25) is 14.6 Å². The van der Waals surface area contributed by atoms with Gasteiger partial charge in [0.25, 0.3) is 5.56 Å². The Hall–Kier alpha value is -3.25. The second-order valence-corrected chi connectivity index (χ2v) is 7.44. The number of carbonyl (C=O) groups is 1. The van der Waals surface area contributed by atoms with Crippen molar-refractivity contribution in [3.05, 3.63) is 33.9 Å². The van der Waals surface area contributed by atoms with Crippen molar-refractivity contribution in [3.63, 3.8) is 0 Å². The Labute approximate surface area is 173 Å². The fraction of sp³-hybridized carbons (Fsp3) is 0.176. The number of nitrogen functional groups attached to an aromatic ring is 2. The minimum atomic E-state index is -0.542. The molecule has 152 valence electrons. The third kappa shape index (κ3) is 4.78. The number of H-pyrrole nitrogens is 1. The van der Waals surface area contributed by atoms with Gasteiger partial charge in [-0.25, -0.2) is 9.97 Å². The number of aromatic nitrogens is 3. The van der Waals surface area contributed by atoms with Crippen molar-refractivity contribution < 1.29 is 14.3 Å². The molecule has 2 heterocycles. The number of aromatic amines is 1. The second kappa shape index (κ2) is 8.84. The summed E-state index contributed by atoms with van der Waals surface area (Å²) in [4.78, 5) is 34.6. The molecule has 1 aromatic carbocycles. The van der Waals surface area contributed by atoms with Crippen LogP contribution >= 0.6 is 23.1 Å². The van der Waals surface area contributed by atoms with Gasteiger partial charge in [0, 0.05) is 10.9 Å². The molecule has 0 aliphatic heterocycles. The first-order chi connectivity index (χ1) is 13.9. The molecule has 3 rings (SSSR count). The lowest BCUT2D eigenvalue weighted by Gasteiger charge is -2.08. The summed E-state index contributed by atoms with van der Waals surface area (Å²) >= 11 is 2.32. The fourth-order valence-corrected chi connectivity index (χ4v) is 3.70. The maximum atomic E-state index is 12.2. The van der Waals surface area contributed by atoms with Gasteiger partial charge in [0.2, 0.25) is 5.91 Å². The summed E-state index contributed by atoms with van der Waals surface area (Å²) in [7, 11) is 3.12. The van der Waals surface area contributed by atoms with Gasteiger partial charge in [0.05, 0.1) is 25.7 Å². The molecule has 0 spiro atoms. The summed E-state index contributed by atoms with van der Waals surface area (Å²) in [5.74, 6) is 0.839. The van der Waals surface area contributed by atoms with E-state index in [1.807, 2.05) is 17.5 Å². The highest BCUT2D eigenvalue weighted by Crippen LogP contribution is 2.33. The van der Waals surface area contributed by atoms with Crippen LogP contribution < -0.4 is 31.8 Å². The molecule has 0 atom stereocenters. The van der Waals surface area contributed by atoms with Crippen LogP contribution in [-0.4, -0.2) is 40.8 Å². The third-order valence-corrected chi connectivity index (χ3v) is 5.36. The summed E-state index contributed by atoms with van der Waals surface area (Å²) in [6.07, 6.45) is 0. The largest absolute Gasteiger partial charge is 0.493 e. The van der Waals surface area contributed by atoms with E-state index in [1.54, 1.807) is 20.3 Å². The Kier molecular flexibility index (Phi) is 6.24. The number of amides is 1. The zero-order chi connectivity index (χ0) is 21.0. The molecule has 0 saturated carbocycles.